The maximum Gasteiger partial charge on any atom is 0.339 e. The molecule has 1 heterocycles. The van der Waals surface area contributed by atoms with Crippen LogP contribution in [0.15, 0.2) is 34.0 Å². The second kappa shape index (κ2) is 5.27. The van der Waals surface area contributed by atoms with E-state index in [1.54, 1.807) is 6.07 Å². The molecular formula is C11H14O3. The van der Waals surface area contributed by atoms with Gasteiger partial charge in [-0.1, -0.05) is 6.08 Å². The van der Waals surface area contributed by atoms with E-state index in [-0.39, 0.29) is 5.63 Å². The fraction of sp³-hybridized carbons (Fsp3) is 0.364. The highest BCUT2D eigenvalue weighted by Crippen LogP contribution is 2.11. The molecule has 0 unspecified atom stereocenters. The predicted octanol–water partition coefficient (Wildman–Crippen LogP) is 2.16. The first-order valence-electron chi connectivity index (χ1n) is 4.55. The Hall–Kier alpha value is -1.51. The van der Waals surface area contributed by atoms with Crippen LogP contribution in [0.25, 0.3) is 0 Å². The second-order valence-corrected chi connectivity index (χ2v) is 2.96. The van der Waals surface area contributed by atoms with E-state index in [4.69, 9.17) is 9.15 Å². The third-order valence-electron chi connectivity index (χ3n) is 1.86. The molecule has 1 rings (SSSR count). The van der Waals surface area contributed by atoms with E-state index < -0.39 is 0 Å². The van der Waals surface area contributed by atoms with Crippen molar-refractivity contribution < 1.29 is 9.15 Å². The first-order chi connectivity index (χ1) is 6.76. The molecule has 0 amide bonds. The number of hydrogen-bond donors (Lipinski definition) is 0. The van der Waals surface area contributed by atoms with Crippen LogP contribution in [-0.4, -0.2) is 7.11 Å². The van der Waals surface area contributed by atoms with Gasteiger partial charge in [-0.3, -0.25) is 0 Å². The predicted molar refractivity (Wildman–Crippen MR) is 54.7 cm³/mol. The Labute approximate surface area is 83.0 Å². The Morgan fingerprint density at radius 3 is 3.00 bits per heavy atom. The van der Waals surface area contributed by atoms with Crippen molar-refractivity contribution in [2.75, 3.05) is 7.11 Å². The molecule has 3 heteroatoms. The molecule has 0 N–H and O–H groups in total. The highest BCUT2D eigenvalue weighted by molar-refractivity contribution is 5.20. The molecule has 76 valence electrons. The van der Waals surface area contributed by atoms with Crippen molar-refractivity contribution in [2.45, 2.75) is 19.3 Å². The second-order valence-electron chi connectivity index (χ2n) is 2.96. The third kappa shape index (κ3) is 3.09. The molecule has 0 aliphatic carbocycles. The summed E-state index contributed by atoms with van der Waals surface area (Å²) in [6, 6.07) is 3.07. The van der Waals surface area contributed by atoms with Crippen molar-refractivity contribution in [1.29, 1.82) is 0 Å². The molecule has 0 aliphatic rings. The number of methoxy groups -OCH3 is 1. The number of unbranched alkanes of at least 4 members (excludes halogenated alkanes) is 1. The standard InChI is InChI=1S/C11H14O3/c1-3-4-5-6-9-7-10(13-2)8-11(12)14-9/h3,7-8H,1,4-6H2,2H3. The van der Waals surface area contributed by atoms with Gasteiger partial charge in [-0.2, -0.15) is 0 Å². The highest BCUT2D eigenvalue weighted by Gasteiger charge is 2.00. The Morgan fingerprint density at radius 1 is 1.57 bits per heavy atom. The maximum absolute atomic E-state index is 11.0. The SMILES string of the molecule is C=CCCCc1cc(OC)cc(=O)o1. The van der Waals surface area contributed by atoms with Crippen LogP contribution in [0.2, 0.25) is 0 Å². The minimum absolute atomic E-state index is 0.363. The van der Waals surface area contributed by atoms with Crippen LogP contribution in [0.4, 0.5) is 0 Å². The molecule has 0 aromatic carbocycles. The number of ether oxygens (including phenoxy) is 1. The molecule has 0 spiro atoms. The van der Waals surface area contributed by atoms with Crippen molar-refractivity contribution in [3.05, 3.63) is 41.0 Å². The minimum atomic E-state index is -0.363. The third-order valence-corrected chi connectivity index (χ3v) is 1.86. The van der Waals surface area contributed by atoms with Crippen LogP contribution in [0, 0.1) is 0 Å². The van der Waals surface area contributed by atoms with Crippen molar-refractivity contribution in [3.63, 3.8) is 0 Å². The van der Waals surface area contributed by atoms with E-state index in [1.165, 1.54) is 13.2 Å². The van der Waals surface area contributed by atoms with E-state index >= 15 is 0 Å². The van der Waals surface area contributed by atoms with Gasteiger partial charge in [0.05, 0.1) is 13.2 Å². The normalized spacial score (nSPS) is 9.79. The van der Waals surface area contributed by atoms with E-state index in [0.29, 0.717) is 11.5 Å². The van der Waals surface area contributed by atoms with Gasteiger partial charge in [0, 0.05) is 12.5 Å². The number of allylic oxidation sites excluding steroid dienone is 1. The summed E-state index contributed by atoms with van der Waals surface area (Å²) in [5.41, 5.74) is -0.363. The van der Waals surface area contributed by atoms with Gasteiger partial charge in [0.2, 0.25) is 0 Å². The molecule has 0 saturated heterocycles. The monoisotopic (exact) mass is 194 g/mol. The fourth-order valence-corrected chi connectivity index (χ4v) is 1.17. The van der Waals surface area contributed by atoms with Crippen molar-refractivity contribution in [3.8, 4) is 5.75 Å². The van der Waals surface area contributed by atoms with Gasteiger partial charge in [0.1, 0.15) is 11.5 Å². The van der Waals surface area contributed by atoms with Gasteiger partial charge in [-0.05, 0) is 12.8 Å². The number of hydrogen-bond acceptors (Lipinski definition) is 3. The average molecular weight is 194 g/mol. The smallest absolute Gasteiger partial charge is 0.339 e. The Kier molecular flexibility index (Phi) is 3.98. The molecule has 1 aromatic heterocycles. The van der Waals surface area contributed by atoms with Gasteiger partial charge < -0.3 is 9.15 Å². The molecule has 0 radical (unpaired) electrons. The summed E-state index contributed by atoms with van der Waals surface area (Å²) in [6.45, 7) is 3.63. The summed E-state index contributed by atoms with van der Waals surface area (Å²) in [6.07, 6.45) is 4.43. The lowest BCUT2D eigenvalue weighted by Crippen LogP contribution is -2.01. The molecule has 1 aromatic rings. The van der Waals surface area contributed by atoms with E-state index in [9.17, 15) is 4.79 Å². The van der Waals surface area contributed by atoms with Crippen LogP contribution < -0.4 is 10.4 Å². The molecule has 0 fully saturated rings. The molecule has 14 heavy (non-hydrogen) atoms. The van der Waals surface area contributed by atoms with Crippen LogP contribution in [0.5, 0.6) is 5.75 Å². The Balaban J connectivity index is 2.71. The van der Waals surface area contributed by atoms with Gasteiger partial charge in [-0.25, -0.2) is 4.79 Å². The van der Waals surface area contributed by atoms with Crippen LogP contribution >= 0.6 is 0 Å². The van der Waals surface area contributed by atoms with Crippen LogP contribution in [0.3, 0.4) is 0 Å². The summed E-state index contributed by atoms with van der Waals surface area (Å²) in [7, 11) is 1.53. The Morgan fingerprint density at radius 2 is 2.36 bits per heavy atom. The molecule has 0 saturated carbocycles. The summed E-state index contributed by atoms with van der Waals surface area (Å²) < 4.78 is 9.96. The van der Waals surface area contributed by atoms with E-state index in [2.05, 4.69) is 6.58 Å². The summed E-state index contributed by atoms with van der Waals surface area (Å²) >= 11 is 0. The quantitative estimate of drug-likeness (QED) is 0.532. The van der Waals surface area contributed by atoms with Crippen LogP contribution in [-0.2, 0) is 6.42 Å². The van der Waals surface area contributed by atoms with Gasteiger partial charge in [0.15, 0.2) is 0 Å². The number of rotatable bonds is 5. The van der Waals surface area contributed by atoms with E-state index in [1.807, 2.05) is 6.08 Å². The van der Waals surface area contributed by atoms with Crippen LogP contribution in [0.1, 0.15) is 18.6 Å². The lowest BCUT2D eigenvalue weighted by atomic mass is 10.2. The summed E-state index contributed by atoms with van der Waals surface area (Å²) in [5.74, 6) is 1.21. The largest absolute Gasteiger partial charge is 0.496 e. The zero-order chi connectivity index (χ0) is 10.4. The van der Waals surface area contributed by atoms with Crippen molar-refractivity contribution in [2.24, 2.45) is 0 Å². The zero-order valence-electron chi connectivity index (χ0n) is 8.29. The summed E-state index contributed by atoms with van der Waals surface area (Å²) in [5, 5.41) is 0. The highest BCUT2D eigenvalue weighted by atomic mass is 16.5. The van der Waals surface area contributed by atoms with Gasteiger partial charge in [0.25, 0.3) is 0 Å². The fourth-order valence-electron chi connectivity index (χ4n) is 1.17. The topological polar surface area (TPSA) is 39.4 Å². The summed E-state index contributed by atoms with van der Waals surface area (Å²) in [4.78, 5) is 11.0. The zero-order valence-corrected chi connectivity index (χ0v) is 8.29. The lowest BCUT2D eigenvalue weighted by molar-refractivity contribution is 0.391. The molecular weight excluding hydrogens is 180 g/mol. The molecule has 0 bridgehead atoms. The average Bonchev–Trinajstić information content (AvgIpc) is 2.17. The molecule has 0 atom stereocenters. The first-order valence-corrected chi connectivity index (χ1v) is 4.55. The first kappa shape index (κ1) is 10.6. The van der Waals surface area contributed by atoms with E-state index in [0.717, 1.165) is 19.3 Å². The number of aryl methyl sites for hydroxylation is 1. The molecule has 3 nitrogen and oxygen atoms in total. The van der Waals surface area contributed by atoms with Gasteiger partial charge in [-0.15, -0.1) is 6.58 Å². The Bertz CT molecular complexity index is 352. The lowest BCUT2D eigenvalue weighted by Gasteiger charge is -2.01. The molecule has 0 aliphatic heterocycles. The van der Waals surface area contributed by atoms with Crippen molar-refractivity contribution in [1.82, 2.24) is 0 Å². The minimum Gasteiger partial charge on any atom is -0.496 e. The maximum atomic E-state index is 11.0. The van der Waals surface area contributed by atoms with Crippen molar-refractivity contribution >= 4 is 0 Å². The van der Waals surface area contributed by atoms with Gasteiger partial charge >= 0.3 is 5.63 Å².